The van der Waals surface area contributed by atoms with E-state index in [-0.39, 0.29) is 23.7 Å². The summed E-state index contributed by atoms with van der Waals surface area (Å²) in [6.07, 6.45) is 2.45. The number of aromatic amines is 2. The average molecular weight is 542 g/mol. The zero-order valence-electron chi connectivity index (χ0n) is 24.0. The molecule has 0 radical (unpaired) electrons. The first-order chi connectivity index (χ1) is 19.2. The molecule has 40 heavy (non-hydrogen) atoms. The number of benzene rings is 2. The number of phenols is 1. The number of amides is 1. The Morgan fingerprint density at radius 3 is 2.75 bits per heavy atom. The zero-order chi connectivity index (χ0) is 28.1. The quantitative estimate of drug-likeness (QED) is 0.338. The molecule has 3 N–H and O–H groups in total. The number of nitrogens with one attached hydrogen (secondary N) is 2. The van der Waals surface area contributed by atoms with Crippen molar-refractivity contribution in [2.75, 3.05) is 27.2 Å². The van der Waals surface area contributed by atoms with Gasteiger partial charge in [-0.2, -0.15) is 5.10 Å². The van der Waals surface area contributed by atoms with Crippen LogP contribution in [0.2, 0.25) is 0 Å². The van der Waals surface area contributed by atoms with E-state index in [1.54, 1.807) is 6.07 Å². The summed E-state index contributed by atoms with van der Waals surface area (Å²) in [4.78, 5) is 28.8. The summed E-state index contributed by atoms with van der Waals surface area (Å²) in [6.45, 7) is 8.67. The average Bonchev–Trinajstić information content (AvgIpc) is 3.69. The first kappa shape index (κ1) is 26.5. The molecule has 1 amide bonds. The van der Waals surface area contributed by atoms with Crippen molar-refractivity contribution in [3.05, 3.63) is 53.3 Å². The van der Waals surface area contributed by atoms with E-state index in [1.807, 2.05) is 17.0 Å². The highest BCUT2D eigenvalue weighted by Crippen LogP contribution is 2.34. The van der Waals surface area contributed by atoms with Gasteiger partial charge in [0, 0.05) is 43.5 Å². The first-order valence-corrected chi connectivity index (χ1v) is 14.3. The molecule has 2 atom stereocenters. The molecule has 0 unspecified atom stereocenters. The van der Waals surface area contributed by atoms with Gasteiger partial charge < -0.3 is 19.9 Å². The molecule has 0 bridgehead atoms. The largest absolute Gasteiger partial charge is 0.508 e. The molecule has 4 heterocycles. The molecule has 2 aromatic carbocycles. The number of carbonyl (C=O) groups excluding carboxylic acids is 1. The van der Waals surface area contributed by atoms with E-state index in [0.717, 1.165) is 76.4 Å². The second-order valence-electron chi connectivity index (χ2n) is 11.7. The van der Waals surface area contributed by atoms with E-state index in [0.29, 0.717) is 19.0 Å². The molecule has 4 aromatic rings. The highest BCUT2D eigenvalue weighted by Gasteiger charge is 2.39. The van der Waals surface area contributed by atoms with Gasteiger partial charge in [0.15, 0.2) is 5.82 Å². The topological polar surface area (TPSA) is 104 Å². The van der Waals surface area contributed by atoms with E-state index < -0.39 is 0 Å². The van der Waals surface area contributed by atoms with Crippen molar-refractivity contribution < 1.29 is 9.90 Å². The van der Waals surface area contributed by atoms with Crippen molar-refractivity contribution in [1.29, 1.82) is 0 Å². The van der Waals surface area contributed by atoms with Crippen molar-refractivity contribution >= 4 is 16.8 Å². The van der Waals surface area contributed by atoms with Crippen molar-refractivity contribution in [1.82, 2.24) is 34.9 Å². The Kier molecular flexibility index (Phi) is 6.88. The number of hydrogen-bond donors (Lipinski definition) is 3. The minimum atomic E-state index is -0.207. The van der Waals surface area contributed by atoms with Gasteiger partial charge in [-0.25, -0.2) is 4.98 Å². The smallest absolute Gasteiger partial charge is 0.240 e. The van der Waals surface area contributed by atoms with Gasteiger partial charge in [-0.15, -0.1) is 0 Å². The fourth-order valence-corrected chi connectivity index (χ4v) is 6.32. The number of nitrogens with zero attached hydrogens (tertiary/aromatic N) is 5. The van der Waals surface area contributed by atoms with Crippen molar-refractivity contribution in [3.8, 4) is 28.4 Å². The van der Waals surface area contributed by atoms with Gasteiger partial charge in [0.1, 0.15) is 11.4 Å². The van der Waals surface area contributed by atoms with Crippen LogP contribution in [0.5, 0.6) is 5.75 Å². The summed E-state index contributed by atoms with van der Waals surface area (Å²) in [5, 5.41) is 18.7. The highest BCUT2D eigenvalue weighted by atomic mass is 16.3. The van der Waals surface area contributed by atoms with Gasteiger partial charge >= 0.3 is 0 Å². The molecular formula is C31H39N7O2. The number of imidazole rings is 1. The lowest BCUT2D eigenvalue weighted by Crippen LogP contribution is -2.53. The number of aryl methyl sites for hydroxylation is 1. The summed E-state index contributed by atoms with van der Waals surface area (Å²) < 4.78 is 0. The fourth-order valence-electron chi connectivity index (χ4n) is 6.32. The molecule has 2 aliphatic heterocycles. The van der Waals surface area contributed by atoms with Crippen LogP contribution >= 0.6 is 0 Å². The number of aromatic nitrogens is 4. The fraction of sp³-hybridized carbons (Fsp3) is 0.452. The molecule has 6 rings (SSSR count). The lowest BCUT2D eigenvalue weighted by Gasteiger charge is -2.38. The lowest BCUT2D eigenvalue weighted by atomic mass is 9.97. The van der Waals surface area contributed by atoms with Crippen LogP contribution in [0.4, 0.5) is 0 Å². The van der Waals surface area contributed by atoms with Crippen LogP contribution in [0, 0.1) is 0 Å². The van der Waals surface area contributed by atoms with Crippen LogP contribution in [0.25, 0.3) is 33.5 Å². The number of rotatable bonds is 6. The second-order valence-corrected chi connectivity index (χ2v) is 11.7. The third-order valence-corrected chi connectivity index (χ3v) is 8.71. The van der Waals surface area contributed by atoms with Gasteiger partial charge in [-0.1, -0.05) is 19.1 Å². The molecule has 210 valence electrons. The summed E-state index contributed by atoms with van der Waals surface area (Å²) in [5.74, 6) is 1.23. The number of carbonyl (C=O) groups is 1. The zero-order valence-corrected chi connectivity index (χ0v) is 24.0. The highest BCUT2D eigenvalue weighted by molar-refractivity contribution is 5.94. The van der Waals surface area contributed by atoms with Gasteiger partial charge in [-0.3, -0.25) is 14.8 Å². The Hall–Kier alpha value is -3.69. The molecule has 9 nitrogen and oxygen atoms in total. The lowest BCUT2D eigenvalue weighted by molar-refractivity contribution is -0.137. The molecule has 0 aliphatic carbocycles. The van der Waals surface area contributed by atoms with E-state index in [1.165, 1.54) is 0 Å². The number of hydrogen-bond acceptors (Lipinski definition) is 6. The number of aromatic hydroxyl groups is 1. The predicted octanol–water partition coefficient (Wildman–Crippen LogP) is 4.19. The predicted molar refractivity (Wildman–Crippen MR) is 157 cm³/mol. The maximum absolute atomic E-state index is 13.7. The monoisotopic (exact) mass is 541 g/mol. The number of phenolic OH excluding ortho intramolecular Hbond substituents is 1. The first-order valence-electron chi connectivity index (χ1n) is 14.3. The SMILES string of the molecule is CCc1cc(O)ccc1-c1ccc2c(-c3nc4c([nH]3)CN(C(C)C)[C@H](C(=O)N3CC[C@H](N(C)C)C3)C4)n[nH]c2c1. The maximum atomic E-state index is 13.7. The third kappa shape index (κ3) is 4.67. The Morgan fingerprint density at radius 1 is 1.20 bits per heavy atom. The van der Waals surface area contributed by atoms with Crippen molar-refractivity contribution in [3.63, 3.8) is 0 Å². The molecule has 0 spiro atoms. The summed E-state index contributed by atoms with van der Waals surface area (Å²) in [6, 6.07) is 12.3. The Labute approximate surface area is 235 Å². The molecule has 1 saturated heterocycles. The second kappa shape index (κ2) is 10.4. The normalized spacial score (nSPS) is 19.7. The van der Waals surface area contributed by atoms with Gasteiger partial charge in [0.05, 0.1) is 22.9 Å². The van der Waals surface area contributed by atoms with Gasteiger partial charge in [-0.05, 0) is 81.7 Å². The Balaban J connectivity index is 1.28. The molecule has 0 saturated carbocycles. The summed E-state index contributed by atoms with van der Waals surface area (Å²) >= 11 is 0. The number of fused-ring (bicyclic) bond motifs is 2. The minimum absolute atomic E-state index is 0.207. The van der Waals surface area contributed by atoms with E-state index in [9.17, 15) is 9.90 Å². The standard InChI is InChI=1S/C31H39N7O2/c1-6-19-13-22(39)8-10-23(19)20-7-9-24-25(14-20)34-35-29(24)30-32-26-15-28(38(18(2)3)17-27(26)33-30)31(40)37-12-11-21(16-37)36(4)5/h7-10,13-14,18,21,28,39H,6,11-12,15-17H2,1-5H3,(H,32,33)(H,34,35)/t21-,28-/m0/s1. The van der Waals surface area contributed by atoms with Crippen LogP contribution in [0.15, 0.2) is 36.4 Å². The Bertz CT molecular complexity index is 1550. The third-order valence-electron chi connectivity index (χ3n) is 8.71. The summed E-state index contributed by atoms with van der Waals surface area (Å²) in [5.41, 5.74) is 7.01. The molecule has 2 aromatic heterocycles. The number of likely N-dealkylation sites (tertiary alicyclic amines) is 1. The van der Waals surface area contributed by atoms with Crippen LogP contribution < -0.4 is 0 Å². The van der Waals surface area contributed by atoms with Crippen LogP contribution in [-0.4, -0.2) is 91.2 Å². The van der Waals surface area contributed by atoms with E-state index in [2.05, 4.69) is 78.0 Å². The Morgan fingerprint density at radius 2 is 2.02 bits per heavy atom. The minimum Gasteiger partial charge on any atom is -0.508 e. The molecular weight excluding hydrogens is 502 g/mol. The number of H-pyrrole nitrogens is 2. The molecule has 2 aliphatic rings. The van der Waals surface area contributed by atoms with E-state index >= 15 is 0 Å². The van der Waals surface area contributed by atoms with Gasteiger partial charge in [0.25, 0.3) is 0 Å². The maximum Gasteiger partial charge on any atom is 0.240 e. The van der Waals surface area contributed by atoms with E-state index in [4.69, 9.17) is 4.98 Å². The van der Waals surface area contributed by atoms with Gasteiger partial charge in [0.2, 0.25) is 5.91 Å². The molecule has 9 heteroatoms. The number of likely N-dealkylation sites (N-methyl/N-ethyl adjacent to an activating group) is 1. The van der Waals surface area contributed by atoms with Crippen molar-refractivity contribution in [2.45, 2.75) is 64.7 Å². The van der Waals surface area contributed by atoms with Crippen LogP contribution in [0.1, 0.15) is 44.1 Å². The van der Waals surface area contributed by atoms with Crippen LogP contribution in [0.3, 0.4) is 0 Å². The van der Waals surface area contributed by atoms with Crippen molar-refractivity contribution in [2.24, 2.45) is 0 Å². The summed E-state index contributed by atoms with van der Waals surface area (Å²) in [7, 11) is 4.18. The van der Waals surface area contributed by atoms with Crippen LogP contribution in [-0.2, 0) is 24.2 Å². The molecule has 1 fully saturated rings.